The van der Waals surface area contributed by atoms with Crippen molar-refractivity contribution in [1.82, 2.24) is 14.5 Å². The Morgan fingerprint density at radius 2 is 1.91 bits per heavy atom. The lowest BCUT2D eigenvalue weighted by Crippen LogP contribution is -2.31. The maximum atomic E-state index is 13.2. The van der Waals surface area contributed by atoms with Crippen molar-refractivity contribution < 1.29 is 24.2 Å². The van der Waals surface area contributed by atoms with Crippen LogP contribution in [-0.4, -0.2) is 51.0 Å². The van der Waals surface area contributed by atoms with E-state index in [-0.39, 0.29) is 11.3 Å². The van der Waals surface area contributed by atoms with E-state index in [1.54, 1.807) is 30.7 Å². The molecule has 34 heavy (non-hydrogen) atoms. The molecule has 0 saturated carbocycles. The lowest BCUT2D eigenvalue weighted by atomic mass is 9.95. The summed E-state index contributed by atoms with van der Waals surface area (Å²) in [5.74, 6) is -0.512. The molecule has 1 atom stereocenters. The number of carbonyl (C=O) groups is 2. The van der Waals surface area contributed by atoms with Crippen LogP contribution >= 0.6 is 15.9 Å². The fourth-order valence-corrected chi connectivity index (χ4v) is 4.74. The van der Waals surface area contributed by atoms with Crippen LogP contribution in [0.3, 0.4) is 0 Å². The predicted molar refractivity (Wildman–Crippen MR) is 127 cm³/mol. The number of Topliss-reactive ketones (excluding diaryl/α,β-unsaturated/α-hetero) is 1. The van der Waals surface area contributed by atoms with Crippen LogP contribution in [-0.2, 0) is 16.1 Å². The molecule has 3 heterocycles. The van der Waals surface area contributed by atoms with Crippen LogP contribution in [0.5, 0.6) is 11.5 Å². The quantitative estimate of drug-likeness (QED) is 0.299. The van der Waals surface area contributed by atoms with E-state index in [1.165, 1.54) is 4.90 Å². The van der Waals surface area contributed by atoms with Crippen molar-refractivity contribution in [2.75, 3.05) is 19.8 Å². The van der Waals surface area contributed by atoms with Crippen LogP contribution < -0.4 is 9.47 Å². The van der Waals surface area contributed by atoms with Crippen molar-refractivity contribution in [3.63, 3.8) is 0 Å². The van der Waals surface area contributed by atoms with Crippen LogP contribution in [0.4, 0.5) is 0 Å². The fraction of sp³-hybridized carbons (Fsp3) is 0.240. The highest BCUT2D eigenvalue weighted by molar-refractivity contribution is 9.10. The summed E-state index contributed by atoms with van der Waals surface area (Å²) in [5, 5.41) is 11.3. The van der Waals surface area contributed by atoms with E-state index in [0.29, 0.717) is 49.8 Å². The molecule has 0 radical (unpaired) electrons. The number of likely N-dealkylation sites (tertiary alicyclic amines) is 1. The molecule has 2 aliphatic heterocycles. The summed E-state index contributed by atoms with van der Waals surface area (Å²) in [6.45, 7) is 1.84. The van der Waals surface area contributed by atoms with Crippen molar-refractivity contribution in [1.29, 1.82) is 0 Å². The average Bonchev–Trinajstić information content (AvgIpc) is 3.45. The van der Waals surface area contributed by atoms with Crippen LogP contribution in [0.15, 0.2) is 71.2 Å². The number of benzene rings is 2. The molecule has 2 aliphatic rings. The van der Waals surface area contributed by atoms with Gasteiger partial charge in [0.15, 0.2) is 11.5 Å². The molecule has 3 aromatic rings. The van der Waals surface area contributed by atoms with E-state index in [2.05, 4.69) is 20.9 Å². The maximum Gasteiger partial charge on any atom is 0.295 e. The largest absolute Gasteiger partial charge is 0.507 e. The summed E-state index contributed by atoms with van der Waals surface area (Å²) in [5.41, 5.74) is 1.18. The molecule has 0 bridgehead atoms. The third-order valence-electron chi connectivity index (χ3n) is 5.89. The lowest BCUT2D eigenvalue weighted by Gasteiger charge is -2.25. The number of halogens is 1. The summed E-state index contributed by atoms with van der Waals surface area (Å²) < 4.78 is 13.9. The molecule has 2 aromatic carbocycles. The zero-order chi connectivity index (χ0) is 23.7. The van der Waals surface area contributed by atoms with Crippen molar-refractivity contribution >= 4 is 33.4 Å². The molecule has 1 fully saturated rings. The first-order valence-electron chi connectivity index (χ1n) is 10.9. The molecule has 174 valence electrons. The number of amides is 1. The Labute approximate surface area is 204 Å². The van der Waals surface area contributed by atoms with Gasteiger partial charge in [0.05, 0.1) is 17.9 Å². The van der Waals surface area contributed by atoms with Crippen LogP contribution in [0, 0.1) is 0 Å². The standard InChI is InChI=1S/C25H22BrN3O5/c26-18-4-1-3-16(13-18)22-21(23(30)17-5-6-19-20(14-17)34-12-11-33-19)24(31)25(32)29(22)9-2-8-28-10-7-27-15-28/h1,3-7,10,13-15,22,30H,2,8-9,11-12H2/b23-21+/t22-/m1/s1. The molecule has 1 saturated heterocycles. The minimum absolute atomic E-state index is 0.0578. The second-order valence-electron chi connectivity index (χ2n) is 8.06. The number of aliphatic hydroxyl groups is 1. The number of ether oxygens (including phenoxy) is 2. The number of aliphatic hydroxyl groups excluding tert-OH is 1. The summed E-state index contributed by atoms with van der Waals surface area (Å²) >= 11 is 3.47. The maximum absolute atomic E-state index is 13.2. The predicted octanol–water partition coefficient (Wildman–Crippen LogP) is 3.93. The summed E-state index contributed by atoms with van der Waals surface area (Å²) in [7, 11) is 0. The molecule has 5 rings (SSSR count). The van der Waals surface area contributed by atoms with Gasteiger partial charge in [-0.25, -0.2) is 4.98 Å². The normalized spacial score (nSPS) is 19.0. The summed E-state index contributed by atoms with van der Waals surface area (Å²) in [6.07, 6.45) is 5.88. The number of aromatic nitrogens is 2. The second-order valence-corrected chi connectivity index (χ2v) is 8.98. The first-order valence-corrected chi connectivity index (χ1v) is 11.7. The Morgan fingerprint density at radius 1 is 1.09 bits per heavy atom. The molecule has 0 aliphatic carbocycles. The minimum atomic E-state index is -0.714. The number of imidazole rings is 1. The van der Waals surface area contributed by atoms with Crippen LogP contribution in [0.1, 0.15) is 23.6 Å². The number of nitrogens with zero attached hydrogens (tertiary/aromatic N) is 3. The lowest BCUT2D eigenvalue weighted by molar-refractivity contribution is -0.139. The Morgan fingerprint density at radius 3 is 2.68 bits per heavy atom. The van der Waals surface area contributed by atoms with E-state index in [0.717, 1.165) is 10.0 Å². The van der Waals surface area contributed by atoms with Gasteiger partial charge in [-0.2, -0.15) is 0 Å². The van der Waals surface area contributed by atoms with Gasteiger partial charge in [-0.15, -0.1) is 0 Å². The van der Waals surface area contributed by atoms with Gasteiger partial charge in [-0.05, 0) is 42.3 Å². The number of hydrogen-bond donors (Lipinski definition) is 1. The summed E-state index contributed by atoms with van der Waals surface area (Å²) in [4.78, 5) is 31.9. The van der Waals surface area contributed by atoms with Gasteiger partial charge in [0.1, 0.15) is 19.0 Å². The highest BCUT2D eigenvalue weighted by Gasteiger charge is 2.45. The number of aryl methyl sites for hydroxylation is 1. The Balaban J connectivity index is 1.54. The van der Waals surface area contributed by atoms with Gasteiger partial charge < -0.3 is 24.0 Å². The molecule has 8 nitrogen and oxygen atoms in total. The van der Waals surface area contributed by atoms with Gasteiger partial charge in [0.2, 0.25) is 0 Å². The first-order chi connectivity index (χ1) is 16.5. The zero-order valence-electron chi connectivity index (χ0n) is 18.2. The van der Waals surface area contributed by atoms with E-state index in [1.807, 2.05) is 35.0 Å². The third-order valence-corrected chi connectivity index (χ3v) is 6.39. The van der Waals surface area contributed by atoms with Gasteiger partial charge in [0, 0.05) is 35.5 Å². The topological polar surface area (TPSA) is 93.9 Å². The number of rotatable bonds is 6. The number of carbonyl (C=O) groups excluding carboxylic acids is 2. The van der Waals surface area contributed by atoms with Crippen molar-refractivity contribution in [3.05, 3.63) is 82.4 Å². The fourth-order valence-electron chi connectivity index (χ4n) is 4.32. The SMILES string of the molecule is O=C1C(=O)N(CCCn2ccnc2)[C@H](c2cccc(Br)c2)/C1=C(\O)c1ccc2c(c1)OCCO2. The zero-order valence-corrected chi connectivity index (χ0v) is 19.8. The molecule has 1 amide bonds. The molecule has 1 N–H and O–H groups in total. The molecular formula is C25H22BrN3O5. The molecule has 1 aromatic heterocycles. The molecular weight excluding hydrogens is 502 g/mol. The van der Waals surface area contributed by atoms with Crippen molar-refractivity contribution in [2.24, 2.45) is 0 Å². The highest BCUT2D eigenvalue weighted by atomic mass is 79.9. The van der Waals surface area contributed by atoms with Gasteiger partial charge >= 0.3 is 0 Å². The third kappa shape index (κ3) is 4.19. The first kappa shape index (κ1) is 22.2. The highest BCUT2D eigenvalue weighted by Crippen LogP contribution is 2.41. The second kappa shape index (κ2) is 9.34. The Bertz CT molecular complexity index is 1270. The number of fused-ring (bicyclic) bond motifs is 1. The van der Waals surface area contributed by atoms with Crippen molar-refractivity contribution in [2.45, 2.75) is 19.0 Å². The van der Waals surface area contributed by atoms with E-state index >= 15 is 0 Å². The van der Waals surface area contributed by atoms with Crippen LogP contribution in [0.25, 0.3) is 5.76 Å². The van der Waals surface area contributed by atoms with Crippen LogP contribution in [0.2, 0.25) is 0 Å². The molecule has 9 heteroatoms. The van der Waals surface area contributed by atoms with Crippen molar-refractivity contribution in [3.8, 4) is 11.5 Å². The van der Waals surface area contributed by atoms with Gasteiger partial charge in [-0.3, -0.25) is 9.59 Å². The molecule has 0 unspecified atom stereocenters. The smallest absolute Gasteiger partial charge is 0.295 e. The number of hydrogen-bond acceptors (Lipinski definition) is 6. The monoisotopic (exact) mass is 523 g/mol. The van der Waals surface area contributed by atoms with E-state index in [4.69, 9.17) is 9.47 Å². The number of ketones is 1. The Hall–Kier alpha value is -3.59. The summed E-state index contributed by atoms with van der Waals surface area (Å²) in [6, 6.07) is 11.7. The van der Waals surface area contributed by atoms with Gasteiger partial charge in [0.25, 0.3) is 11.7 Å². The molecule has 0 spiro atoms. The Kier molecular flexibility index (Phi) is 6.10. The average molecular weight is 524 g/mol. The van der Waals surface area contributed by atoms with E-state index in [9.17, 15) is 14.7 Å². The minimum Gasteiger partial charge on any atom is -0.507 e. The van der Waals surface area contributed by atoms with E-state index < -0.39 is 17.7 Å². The van der Waals surface area contributed by atoms with Gasteiger partial charge in [-0.1, -0.05) is 28.1 Å².